The molecule has 0 aromatic carbocycles. The predicted molar refractivity (Wildman–Crippen MR) is 85.8 cm³/mol. The number of carbonyl (C=O) groups excluding carboxylic acids is 1. The van der Waals surface area contributed by atoms with Crippen LogP contribution in [-0.4, -0.2) is 43.0 Å². The van der Waals surface area contributed by atoms with Crippen molar-refractivity contribution in [1.82, 2.24) is 0 Å². The smallest absolute Gasteiger partial charge is 0.337 e. The van der Waals surface area contributed by atoms with E-state index in [0.29, 0.717) is 13.2 Å². The third-order valence-electron chi connectivity index (χ3n) is 3.07. The van der Waals surface area contributed by atoms with Crippen molar-refractivity contribution >= 4 is 5.97 Å². The van der Waals surface area contributed by atoms with Crippen molar-refractivity contribution in [2.75, 3.05) is 19.8 Å². The molecule has 0 aliphatic heterocycles. The molecule has 0 N–H and O–H groups in total. The average Bonchev–Trinajstić information content (AvgIpc) is 2.38. The molecule has 0 radical (unpaired) electrons. The summed E-state index contributed by atoms with van der Waals surface area (Å²) in [6.07, 6.45) is 2.41. The van der Waals surface area contributed by atoms with E-state index in [9.17, 15) is 9.70 Å². The highest BCUT2D eigenvalue weighted by Crippen LogP contribution is 2.26. The third-order valence-corrected chi connectivity index (χ3v) is 3.07. The summed E-state index contributed by atoms with van der Waals surface area (Å²) in [6.45, 7) is 12.0. The van der Waals surface area contributed by atoms with Gasteiger partial charge < -0.3 is 14.2 Å². The molecule has 22 heavy (non-hydrogen) atoms. The van der Waals surface area contributed by atoms with Crippen molar-refractivity contribution in [1.29, 1.82) is 0 Å². The molecule has 0 bridgehead atoms. The van der Waals surface area contributed by atoms with E-state index in [1.165, 1.54) is 0 Å². The Morgan fingerprint density at radius 3 is 2.27 bits per heavy atom. The molecule has 130 valence electrons. The number of hydrogen-bond acceptors (Lipinski definition) is 6. The Morgan fingerprint density at radius 1 is 1.09 bits per heavy atom. The Morgan fingerprint density at radius 2 is 1.73 bits per heavy atom. The zero-order valence-electron chi connectivity index (χ0n) is 14.8. The van der Waals surface area contributed by atoms with E-state index in [1.807, 2.05) is 27.7 Å². The minimum absolute atomic E-state index is 0.114. The molecule has 0 saturated heterocycles. The molecule has 0 aliphatic rings. The quantitative estimate of drug-likeness (QED) is 0.313. The lowest BCUT2D eigenvalue weighted by molar-refractivity contribution is -0.188. The van der Waals surface area contributed by atoms with Gasteiger partial charge in [-0.05, 0) is 60.8 Å². The van der Waals surface area contributed by atoms with E-state index in [4.69, 9.17) is 14.2 Å². The predicted octanol–water partition coefficient (Wildman–Crippen LogP) is 3.47. The van der Waals surface area contributed by atoms with E-state index >= 15 is 0 Å². The second kappa shape index (κ2) is 9.90. The minimum atomic E-state index is -1.02. The van der Waals surface area contributed by atoms with Gasteiger partial charge in [0.2, 0.25) is 0 Å². The van der Waals surface area contributed by atoms with Gasteiger partial charge in [-0.25, -0.2) is 4.79 Å². The van der Waals surface area contributed by atoms with Crippen molar-refractivity contribution in [2.45, 2.75) is 78.1 Å². The molecule has 6 nitrogen and oxygen atoms in total. The fourth-order valence-corrected chi connectivity index (χ4v) is 2.10. The van der Waals surface area contributed by atoms with Crippen LogP contribution in [0.25, 0.3) is 0 Å². The van der Waals surface area contributed by atoms with Gasteiger partial charge in [-0.1, -0.05) is 5.18 Å². The van der Waals surface area contributed by atoms with Crippen molar-refractivity contribution in [3.63, 3.8) is 0 Å². The first kappa shape index (κ1) is 21.0. The Labute approximate surface area is 133 Å². The van der Waals surface area contributed by atoms with E-state index in [0.717, 1.165) is 19.3 Å². The molecular weight excluding hydrogens is 286 g/mol. The molecule has 0 aliphatic carbocycles. The summed E-state index contributed by atoms with van der Waals surface area (Å²) in [5.41, 5.74) is -1.50. The topological polar surface area (TPSA) is 74.2 Å². The number of rotatable bonds is 12. The first-order valence-electron chi connectivity index (χ1n) is 7.89. The molecule has 0 rings (SSSR count). The zero-order valence-corrected chi connectivity index (χ0v) is 14.8. The van der Waals surface area contributed by atoms with Gasteiger partial charge in [0, 0.05) is 0 Å². The summed E-state index contributed by atoms with van der Waals surface area (Å²) in [6, 6.07) is 0. The molecule has 6 heteroatoms. The number of esters is 1. The van der Waals surface area contributed by atoms with Crippen LogP contribution in [0.5, 0.6) is 0 Å². The first-order valence-corrected chi connectivity index (χ1v) is 7.89. The van der Waals surface area contributed by atoms with Gasteiger partial charge in [0.05, 0.1) is 24.9 Å². The van der Waals surface area contributed by atoms with Gasteiger partial charge in [0.25, 0.3) is 0 Å². The minimum Gasteiger partial charge on any atom is -0.461 e. The van der Waals surface area contributed by atoms with Gasteiger partial charge in [0.1, 0.15) is 6.61 Å². The van der Waals surface area contributed by atoms with Crippen LogP contribution in [0.2, 0.25) is 0 Å². The Hall–Kier alpha value is -1.01. The highest BCUT2D eigenvalue weighted by molar-refractivity contribution is 5.78. The van der Waals surface area contributed by atoms with Crippen LogP contribution in [0, 0.1) is 4.91 Å². The molecule has 0 fully saturated rings. The van der Waals surface area contributed by atoms with Gasteiger partial charge in [-0.3, -0.25) is 0 Å². The Balaban J connectivity index is 4.22. The lowest BCUT2D eigenvalue weighted by Gasteiger charge is -2.34. The van der Waals surface area contributed by atoms with Gasteiger partial charge in [-0.15, -0.1) is 0 Å². The maximum absolute atomic E-state index is 12.1. The number of unbranched alkanes of at least 4 members (excludes halogenated alkanes) is 1. The standard InChI is InChI=1S/C16H31NO5/c1-13(2)20-11-12-21-14(18)16(5,6)22-15(3,4)9-7-8-10-17-19/h13H,7-12H2,1-6H3. The fraction of sp³-hybridized carbons (Fsp3) is 0.938. The second-order valence-corrected chi connectivity index (χ2v) is 6.74. The highest BCUT2D eigenvalue weighted by atomic mass is 16.6. The van der Waals surface area contributed by atoms with Crippen molar-refractivity contribution in [3.8, 4) is 0 Å². The SMILES string of the molecule is CC(C)OCCOC(=O)C(C)(C)OC(C)(C)CCCCN=O. The fourth-order valence-electron chi connectivity index (χ4n) is 2.10. The van der Waals surface area contributed by atoms with E-state index < -0.39 is 17.2 Å². The van der Waals surface area contributed by atoms with Crippen LogP contribution >= 0.6 is 0 Å². The maximum Gasteiger partial charge on any atom is 0.337 e. The monoisotopic (exact) mass is 317 g/mol. The average molecular weight is 317 g/mol. The second-order valence-electron chi connectivity index (χ2n) is 6.74. The number of nitrogens with zero attached hydrogens (tertiary/aromatic N) is 1. The van der Waals surface area contributed by atoms with Crippen molar-refractivity contribution in [2.24, 2.45) is 5.18 Å². The maximum atomic E-state index is 12.1. The lowest BCUT2D eigenvalue weighted by Crippen LogP contribution is -2.44. The Kier molecular flexibility index (Phi) is 9.44. The zero-order chi connectivity index (χ0) is 17.2. The normalized spacial score (nSPS) is 12.5. The summed E-state index contributed by atoms with van der Waals surface area (Å²) < 4.78 is 16.5. The highest BCUT2D eigenvalue weighted by Gasteiger charge is 2.36. The Bertz CT molecular complexity index is 339. The lowest BCUT2D eigenvalue weighted by atomic mass is 9.99. The van der Waals surface area contributed by atoms with E-state index in [-0.39, 0.29) is 12.7 Å². The van der Waals surface area contributed by atoms with Crippen molar-refractivity contribution in [3.05, 3.63) is 4.91 Å². The van der Waals surface area contributed by atoms with Crippen molar-refractivity contribution < 1.29 is 19.0 Å². The third kappa shape index (κ3) is 9.84. The van der Waals surface area contributed by atoms with Crippen LogP contribution in [0.1, 0.15) is 60.8 Å². The number of ether oxygens (including phenoxy) is 3. The molecular formula is C16H31NO5. The number of carbonyl (C=O) groups is 1. The molecule has 0 saturated carbocycles. The van der Waals surface area contributed by atoms with Crippen LogP contribution in [0.3, 0.4) is 0 Å². The van der Waals surface area contributed by atoms with Crippen LogP contribution < -0.4 is 0 Å². The first-order chi connectivity index (χ1) is 10.1. The summed E-state index contributed by atoms with van der Waals surface area (Å²) >= 11 is 0. The largest absolute Gasteiger partial charge is 0.461 e. The van der Waals surface area contributed by atoms with E-state index in [1.54, 1.807) is 13.8 Å². The summed E-state index contributed by atoms with van der Waals surface area (Å²) in [5.74, 6) is -0.400. The molecule has 0 aromatic heterocycles. The van der Waals surface area contributed by atoms with Gasteiger partial charge in [0.15, 0.2) is 5.60 Å². The summed E-state index contributed by atoms with van der Waals surface area (Å²) in [4.78, 5) is 22.2. The molecule has 0 aromatic rings. The summed E-state index contributed by atoms with van der Waals surface area (Å²) in [7, 11) is 0. The van der Waals surface area contributed by atoms with Crippen LogP contribution in [0.15, 0.2) is 5.18 Å². The molecule has 0 unspecified atom stereocenters. The molecule has 0 heterocycles. The molecule has 0 atom stereocenters. The molecule has 0 amide bonds. The number of nitroso groups, excluding NO2 is 1. The number of hydrogen-bond donors (Lipinski definition) is 0. The van der Waals surface area contributed by atoms with Gasteiger partial charge in [-0.2, -0.15) is 4.91 Å². The van der Waals surface area contributed by atoms with Crippen LogP contribution in [0.4, 0.5) is 0 Å². The molecule has 0 spiro atoms. The van der Waals surface area contributed by atoms with E-state index in [2.05, 4.69) is 5.18 Å². The van der Waals surface area contributed by atoms with Gasteiger partial charge >= 0.3 is 5.97 Å². The summed E-state index contributed by atoms with van der Waals surface area (Å²) in [5, 5.41) is 2.84. The van der Waals surface area contributed by atoms with Crippen LogP contribution in [-0.2, 0) is 19.0 Å².